The second-order valence-corrected chi connectivity index (χ2v) is 5.21. The fourth-order valence-corrected chi connectivity index (χ4v) is 2.59. The van der Waals surface area contributed by atoms with Gasteiger partial charge in [0.05, 0.1) is 17.2 Å². The van der Waals surface area contributed by atoms with Crippen molar-refractivity contribution in [1.82, 2.24) is 4.98 Å². The van der Waals surface area contributed by atoms with Gasteiger partial charge in [-0.15, -0.1) is 11.3 Å². The van der Waals surface area contributed by atoms with Gasteiger partial charge in [0.1, 0.15) is 10.0 Å². The molecule has 7 heteroatoms. The molecule has 0 aliphatic rings. The molecule has 0 radical (unpaired) electrons. The number of hydrogen-bond donors (Lipinski definition) is 1. The number of nitrogens with zero attached hydrogens (tertiary/aromatic N) is 2. The average Bonchev–Trinajstić information content (AvgIpc) is 2.70. The quantitative estimate of drug-likeness (QED) is 0.694. The lowest BCUT2D eigenvalue weighted by molar-refractivity contribution is -0.384. The summed E-state index contributed by atoms with van der Waals surface area (Å²) in [4.78, 5) is 15.4. The van der Waals surface area contributed by atoms with Gasteiger partial charge in [-0.1, -0.05) is 11.6 Å². The Morgan fingerprint density at radius 3 is 2.83 bits per heavy atom. The van der Waals surface area contributed by atoms with Crippen molar-refractivity contribution in [2.45, 2.75) is 13.5 Å². The van der Waals surface area contributed by atoms with Crippen molar-refractivity contribution < 1.29 is 10.0 Å². The van der Waals surface area contributed by atoms with E-state index in [0.717, 1.165) is 4.88 Å². The van der Waals surface area contributed by atoms with Crippen molar-refractivity contribution in [1.29, 1.82) is 0 Å². The molecule has 0 unspecified atom stereocenters. The van der Waals surface area contributed by atoms with E-state index in [2.05, 4.69) is 4.98 Å². The van der Waals surface area contributed by atoms with Gasteiger partial charge in [-0.05, 0) is 19.1 Å². The number of nitro benzene ring substituents is 1. The highest BCUT2D eigenvalue weighted by atomic mass is 35.5. The van der Waals surface area contributed by atoms with Gasteiger partial charge in [0.2, 0.25) is 0 Å². The van der Waals surface area contributed by atoms with Crippen LogP contribution >= 0.6 is 22.9 Å². The van der Waals surface area contributed by atoms with Gasteiger partial charge in [-0.25, -0.2) is 4.98 Å². The van der Waals surface area contributed by atoms with Crippen molar-refractivity contribution in [2.75, 3.05) is 0 Å². The molecule has 18 heavy (non-hydrogen) atoms. The third-order valence-corrected chi connectivity index (χ3v) is 3.81. The lowest BCUT2D eigenvalue weighted by atomic mass is 10.2. The normalized spacial score (nSPS) is 10.6. The first kappa shape index (κ1) is 12.9. The van der Waals surface area contributed by atoms with Crippen LogP contribution in [0.15, 0.2) is 18.2 Å². The molecule has 2 rings (SSSR count). The predicted molar refractivity (Wildman–Crippen MR) is 69.9 cm³/mol. The summed E-state index contributed by atoms with van der Waals surface area (Å²) in [6, 6.07) is 4.54. The molecule has 0 saturated carbocycles. The molecule has 0 atom stereocenters. The van der Waals surface area contributed by atoms with E-state index in [1.54, 1.807) is 6.07 Å². The van der Waals surface area contributed by atoms with Crippen LogP contribution in [-0.4, -0.2) is 15.0 Å². The maximum Gasteiger partial charge on any atom is 0.288 e. The minimum Gasteiger partial charge on any atom is -0.390 e. The fraction of sp³-hybridized carbons (Fsp3) is 0.182. The van der Waals surface area contributed by atoms with Crippen molar-refractivity contribution in [3.8, 4) is 10.6 Å². The molecule has 0 spiro atoms. The number of aliphatic hydroxyl groups excluding tert-OH is 1. The highest BCUT2D eigenvalue weighted by Gasteiger charge is 2.16. The van der Waals surface area contributed by atoms with Crippen molar-refractivity contribution in [3.63, 3.8) is 0 Å². The molecule has 0 saturated heterocycles. The molecule has 5 nitrogen and oxygen atoms in total. The molecule has 0 amide bonds. The first-order valence-electron chi connectivity index (χ1n) is 5.04. The number of rotatable bonds is 3. The van der Waals surface area contributed by atoms with E-state index < -0.39 is 4.92 Å². The number of aliphatic hydroxyl groups is 1. The van der Waals surface area contributed by atoms with Crippen LogP contribution in [0.2, 0.25) is 5.02 Å². The first-order chi connectivity index (χ1) is 8.52. The molecule has 1 aromatic heterocycles. The summed E-state index contributed by atoms with van der Waals surface area (Å²) in [6.45, 7) is 1.70. The smallest absolute Gasteiger partial charge is 0.288 e. The average molecular weight is 285 g/mol. The lowest BCUT2D eigenvalue weighted by Gasteiger charge is -1.98. The Morgan fingerprint density at radius 1 is 1.56 bits per heavy atom. The second-order valence-electron chi connectivity index (χ2n) is 3.60. The minimum atomic E-state index is -0.529. The van der Waals surface area contributed by atoms with E-state index >= 15 is 0 Å². The van der Waals surface area contributed by atoms with Crippen molar-refractivity contribution >= 4 is 28.6 Å². The summed E-state index contributed by atoms with van der Waals surface area (Å²) >= 11 is 7.13. The van der Waals surface area contributed by atoms with Gasteiger partial charge in [0, 0.05) is 16.5 Å². The third-order valence-electron chi connectivity index (χ3n) is 2.43. The van der Waals surface area contributed by atoms with Crippen LogP contribution in [-0.2, 0) is 6.61 Å². The standard InChI is InChI=1S/C11H9ClN2O3S/c1-6-9(5-15)13-11(18-6)7-2-3-8(12)10(4-7)14(16)17/h2-4,15H,5H2,1H3. The van der Waals surface area contributed by atoms with Gasteiger partial charge < -0.3 is 5.11 Å². The molecule has 1 N–H and O–H groups in total. The maximum absolute atomic E-state index is 10.8. The number of benzene rings is 1. The Labute approximate surface area is 112 Å². The zero-order valence-electron chi connectivity index (χ0n) is 9.38. The van der Waals surface area contributed by atoms with Crippen LogP contribution < -0.4 is 0 Å². The van der Waals surface area contributed by atoms with Gasteiger partial charge in [0.25, 0.3) is 5.69 Å². The Bertz CT molecular complexity index is 612. The molecule has 0 bridgehead atoms. The maximum atomic E-state index is 10.8. The summed E-state index contributed by atoms with van der Waals surface area (Å²) in [5.41, 5.74) is 1.07. The molecular formula is C11H9ClN2O3S. The van der Waals surface area contributed by atoms with Crippen LogP contribution in [0.1, 0.15) is 10.6 Å². The van der Waals surface area contributed by atoms with E-state index in [1.165, 1.54) is 23.5 Å². The van der Waals surface area contributed by atoms with E-state index in [1.807, 2.05) is 6.92 Å². The van der Waals surface area contributed by atoms with Gasteiger partial charge in [-0.2, -0.15) is 0 Å². The molecule has 2 aromatic rings. The van der Waals surface area contributed by atoms with Crippen LogP contribution in [0.4, 0.5) is 5.69 Å². The molecule has 94 valence electrons. The Balaban J connectivity index is 2.50. The summed E-state index contributed by atoms with van der Waals surface area (Å²) in [5.74, 6) is 0. The number of nitro groups is 1. The molecule has 0 aliphatic heterocycles. The Kier molecular flexibility index (Phi) is 3.60. The highest BCUT2D eigenvalue weighted by Crippen LogP contribution is 2.33. The van der Waals surface area contributed by atoms with Gasteiger partial charge in [0.15, 0.2) is 0 Å². The van der Waals surface area contributed by atoms with E-state index in [4.69, 9.17) is 16.7 Å². The van der Waals surface area contributed by atoms with Crippen molar-refractivity contribution in [3.05, 3.63) is 43.9 Å². The van der Waals surface area contributed by atoms with Crippen molar-refractivity contribution in [2.24, 2.45) is 0 Å². The lowest BCUT2D eigenvalue weighted by Crippen LogP contribution is -1.90. The molecule has 0 aliphatic carbocycles. The SMILES string of the molecule is Cc1sc(-c2ccc(Cl)c([N+](=O)[O-])c2)nc1CO. The minimum absolute atomic E-state index is 0.0967. The molecule has 1 aromatic carbocycles. The summed E-state index contributed by atoms with van der Waals surface area (Å²) in [7, 11) is 0. The van der Waals surface area contributed by atoms with E-state index in [-0.39, 0.29) is 17.3 Å². The molecule has 1 heterocycles. The fourth-order valence-electron chi connectivity index (χ4n) is 1.48. The second kappa shape index (κ2) is 5.01. The largest absolute Gasteiger partial charge is 0.390 e. The van der Waals surface area contributed by atoms with E-state index in [0.29, 0.717) is 16.3 Å². The monoisotopic (exact) mass is 284 g/mol. The van der Waals surface area contributed by atoms with Crippen LogP contribution in [0.5, 0.6) is 0 Å². The molecular weight excluding hydrogens is 276 g/mol. The van der Waals surface area contributed by atoms with Crippen LogP contribution in [0.25, 0.3) is 10.6 Å². The topological polar surface area (TPSA) is 76.3 Å². The number of halogens is 1. The summed E-state index contributed by atoms with van der Waals surface area (Å²) in [6.07, 6.45) is 0. The third kappa shape index (κ3) is 2.35. The van der Waals surface area contributed by atoms with Gasteiger partial charge in [-0.3, -0.25) is 10.1 Å². The summed E-state index contributed by atoms with van der Waals surface area (Å²) < 4.78 is 0. The number of thiazole rings is 1. The Hall–Kier alpha value is -1.50. The number of aromatic nitrogens is 1. The van der Waals surface area contributed by atoms with Crippen LogP contribution in [0, 0.1) is 17.0 Å². The Morgan fingerprint density at radius 2 is 2.28 bits per heavy atom. The zero-order valence-corrected chi connectivity index (χ0v) is 11.0. The zero-order chi connectivity index (χ0) is 13.3. The number of aryl methyl sites for hydroxylation is 1. The van der Waals surface area contributed by atoms with Gasteiger partial charge >= 0.3 is 0 Å². The highest BCUT2D eigenvalue weighted by molar-refractivity contribution is 7.15. The van der Waals surface area contributed by atoms with E-state index in [9.17, 15) is 10.1 Å². The molecule has 0 fully saturated rings. The van der Waals surface area contributed by atoms with Crippen LogP contribution in [0.3, 0.4) is 0 Å². The number of hydrogen-bond acceptors (Lipinski definition) is 5. The first-order valence-corrected chi connectivity index (χ1v) is 6.24. The predicted octanol–water partition coefficient (Wildman–Crippen LogP) is 3.17. The summed E-state index contributed by atoms with van der Waals surface area (Å²) in [5, 5.41) is 20.6.